The molecule has 1 rings (SSSR count). The Balaban J connectivity index is 2.95. The van der Waals surface area contributed by atoms with E-state index in [0.29, 0.717) is 25.0 Å². The molecular weight excluding hydrogens is 198 g/mol. The van der Waals surface area contributed by atoms with Gasteiger partial charge >= 0.3 is 0 Å². The van der Waals surface area contributed by atoms with E-state index in [9.17, 15) is 0 Å². The van der Waals surface area contributed by atoms with Crippen LogP contribution < -0.4 is 10.5 Å². The monoisotopic (exact) mass is 221 g/mol. The zero-order valence-corrected chi connectivity index (χ0v) is 10.8. The van der Waals surface area contributed by atoms with Crippen molar-refractivity contribution >= 4 is 0 Å². The van der Waals surface area contributed by atoms with Gasteiger partial charge in [0.1, 0.15) is 5.75 Å². The molecule has 0 fully saturated rings. The lowest BCUT2D eigenvalue weighted by molar-refractivity contribution is 0.337. The second-order valence-electron chi connectivity index (χ2n) is 4.54. The number of benzene rings is 1. The van der Waals surface area contributed by atoms with E-state index in [-0.39, 0.29) is 0 Å². The van der Waals surface area contributed by atoms with Gasteiger partial charge in [-0.25, -0.2) is 0 Å². The van der Waals surface area contributed by atoms with E-state index in [1.54, 1.807) is 0 Å². The topological polar surface area (TPSA) is 35.2 Å². The Morgan fingerprint density at radius 3 is 2.44 bits per heavy atom. The third-order valence-electron chi connectivity index (χ3n) is 2.99. The van der Waals surface area contributed by atoms with Crippen LogP contribution in [0.25, 0.3) is 0 Å². The maximum absolute atomic E-state index is 5.82. The summed E-state index contributed by atoms with van der Waals surface area (Å²) in [6.45, 7) is 9.93. The molecule has 0 saturated heterocycles. The molecule has 0 amide bonds. The lowest BCUT2D eigenvalue weighted by Gasteiger charge is -2.20. The van der Waals surface area contributed by atoms with E-state index in [0.717, 1.165) is 5.75 Å². The largest absolute Gasteiger partial charge is 0.494 e. The molecule has 0 aliphatic heterocycles. The van der Waals surface area contributed by atoms with E-state index in [1.807, 2.05) is 6.92 Å². The van der Waals surface area contributed by atoms with Gasteiger partial charge in [-0.3, -0.25) is 0 Å². The smallest absolute Gasteiger partial charge is 0.122 e. The van der Waals surface area contributed by atoms with Crippen molar-refractivity contribution in [2.45, 2.75) is 33.6 Å². The lowest BCUT2D eigenvalue weighted by Crippen LogP contribution is -2.17. The van der Waals surface area contributed by atoms with Crippen molar-refractivity contribution in [1.82, 2.24) is 0 Å². The number of ether oxygens (including phenoxy) is 1. The van der Waals surface area contributed by atoms with Crippen LogP contribution in [0.2, 0.25) is 0 Å². The minimum Gasteiger partial charge on any atom is -0.494 e. The van der Waals surface area contributed by atoms with Gasteiger partial charge in [-0.1, -0.05) is 26.0 Å². The van der Waals surface area contributed by atoms with Gasteiger partial charge in [-0.15, -0.1) is 0 Å². The van der Waals surface area contributed by atoms with Gasteiger partial charge in [0.25, 0.3) is 0 Å². The quantitative estimate of drug-likeness (QED) is 0.829. The summed E-state index contributed by atoms with van der Waals surface area (Å²) in [5, 5.41) is 0. The predicted molar refractivity (Wildman–Crippen MR) is 69.0 cm³/mol. The highest BCUT2D eigenvalue weighted by Crippen LogP contribution is 2.27. The number of aryl methyl sites for hydroxylation is 1. The number of nitrogens with two attached hydrogens (primary N) is 1. The Kier molecular flexibility index (Phi) is 4.81. The Morgan fingerprint density at radius 2 is 2.00 bits per heavy atom. The van der Waals surface area contributed by atoms with Crippen molar-refractivity contribution in [3.05, 3.63) is 29.3 Å². The van der Waals surface area contributed by atoms with Crippen molar-refractivity contribution < 1.29 is 4.74 Å². The number of hydrogen-bond acceptors (Lipinski definition) is 2. The molecule has 16 heavy (non-hydrogen) atoms. The van der Waals surface area contributed by atoms with Crippen LogP contribution in [0.5, 0.6) is 5.75 Å². The first-order chi connectivity index (χ1) is 7.60. The molecule has 0 aliphatic carbocycles. The van der Waals surface area contributed by atoms with Crippen LogP contribution in [-0.4, -0.2) is 13.2 Å². The third-order valence-corrected chi connectivity index (χ3v) is 2.99. The van der Waals surface area contributed by atoms with Crippen LogP contribution in [0.4, 0.5) is 0 Å². The van der Waals surface area contributed by atoms with Crippen LogP contribution in [-0.2, 0) is 0 Å². The highest BCUT2D eigenvalue weighted by atomic mass is 16.5. The highest BCUT2D eigenvalue weighted by molar-refractivity contribution is 5.37. The summed E-state index contributed by atoms with van der Waals surface area (Å²) in [5.74, 6) is 1.99. The SMILES string of the molecule is CCOc1ccc(C(CN)C(C)C)cc1C. The lowest BCUT2D eigenvalue weighted by atomic mass is 9.88. The Hall–Kier alpha value is -1.02. The predicted octanol–water partition coefficient (Wildman–Crippen LogP) is 3.09. The Labute approximate surface area is 98.8 Å². The second-order valence-corrected chi connectivity index (χ2v) is 4.54. The van der Waals surface area contributed by atoms with Crippen molar-refractivity contribution in [3.63, 3.8) is 0 Å². The molecule has 1 unspecified atom stereocenters. The molecule has 0 aromatic heterocycles. The molecule has 0 bridgehead atoms. The zero-order chi connectivity index (χ0) is 12.1. The molecule has 90 valence electrons. The van der Waals surface area contributed by atoms with Gasteiger partial charge in [0.15, 0.2) is 0 Å². The molecule has 0 saturated carbocycles. The molecule has 1 atom stereocenters. The molecule has 2 nitrogen and oxygen atoms in total. The van der Waals surface area contributed by atoms with Gasteiger partial charge < -0.3 is 10.5 Å². The van der Waals surface area contributed by atoms with Crippen LogP contribution >= 0.6 is 0 Å². The number of rotatable bonds is 5. The van der Waals surface area contributed by atoms with Crippen LogP contribution in [0.1, 0.15) is 37.8 Å². The van der Waals surface area contributed by atoms with Gasteiger partial charge in [-0.05, 0) is 49.4 Å². The third kappa shape index (κ3) is 2.99. The fraction of sp³-hybridized carbons (Fsp3) is 0.571. The first-order valence-corrected chi connectivity index (χ1v) is 6.03. The maximum atomic E-state index is 5.82. The van der Waals surface area contributed by atoms with Crippen molar-refractivity contribution in [2.24, 2.45) is 11.7 Å². The van der Waals surface area contributed by atoms with E-state index in [1.165, 1.54) is 11.1 Å². The molecule has 2 N–H and O–H groups in total. The van der Waals surface area contributed by atoms with Crippen LogP contribution in [0.15, 0.2) is 18.2 Å². The minimum absolute atomic E-state index is 0.439. The summed E-state index contributed by atoms with van der Waals surface area (Å²) < 4.78 is 5.53. The van der Waals surface area contributed by atoms with Crippen molar-refractivity contribution in [2.75, 3.05) is 13.2 Å². The molecule has 2 heteroatoms. The van der Waals surface area contributed by atoms with E-state index < -0.39 is 0 Å². The molecule has 1 aromatic rings. The van der Waals surface area contributed by atoms with Crippen LogP contribution in [0, 0.1) is 12.8 Å². The van der Waals surface area contributed by atoms with Crippen molar-refractivity contribution in [3.8, 4) is 5.75 Å². The number of hydrogen-bond donors (Lipinski definition) is 1. The fourth-order valence-corrected chi connectivity index (χ4v) is 2.01. The summed E-state index contributed by atoms with van der Waals surface area (Å²) in [5.41, 5.74) is 8.33. The average molecular weight is 221 g/mol. The maximum Gasteiger partial charge on any atom is 0.122 e. The summed E-state index contributed by atoms with van der Waals surface area (Å²) >= 11 is 0. The summed E-state index contributed by atoms with van der Waals surface area (Å²) in [6, 6.07) is 6.39. The Morgan fingerprint density at radius 1 is 1.31 bits per heavy atom. The summed E-state index contributed by atoms with van der Waals surface area (Å²) in [4.78, 5) is 0. The van der Waals surface area contributed by atoms with Gasteiger partial charge in [0, 0.05) is 0 Å². The molecule has 0 radical (unpaired) electrons. The normalized spacial score (nSPS) is 12.9. The second kappa shape index (κ2) is 5.90. The zero-order valence-electron chi connectivity index (χ0n) is 10.8. The summed E-state index contributed by atoms with van der Waals surface area (Å²) in [6.07, 6.45) is 0. The van der Waals surface area contributed by atoms with Gasteiger partial charge in [0.2, 0.25) is 0 Å². The first-order valence-electron chi connectivity index (χ1n) is 6.03. The van der Waals surface area contributed by atoms with E-state index in [4.69, 9.17) is 10.5 Å². The highest BCUT2D eigenvalue weighted by Gasteiger charge is 2.14. The molecule has 0 spiro atoms. The minimum atomic E-state index is 0.439. The molecule has 0 heterocycles. The van der Waals surface area contributed by atoms with Crippen LogP contribution in [0.3, 0.4) is 0 Å². The van der Waals surface area contributed by atoms with E-state index >= 15 is 0 Å². The fourth-order valence-electron chi connectivity index (χ4n) is 2.01. The van der Waals surface area contributed by atoms with Gasteiger partial charge in [0.05, 0.1) is 6.61 Å². The van der Waals surface area contributed by atoms with E-state index in [2.05, 4.69) is 39.0 Å². The molecule has 0 aliphatic rings. The van der Waals surface area contributed by atoms with Crippen molar-refractivity contribution in [1.29, 1.82) is 0 Å². The standard InChI is InChI=1S/C14H23NO/c1-5-16-14-7-6-12(8-11(14)4)13(9-15)10(2)3/h6-8,10,13H,5,9,15H2,1-4H3. The first kappa shape index (κ1) is 13.0. The average Bonchev–Trinajstić information content (AvgIpc) is 2.22. The van der Waals surface area contributed by atoms with Gasteiger partial charge in [-0.2, -0.15) is 0 Å². The molecular formula is C14H23NO. The molecule has 1 aromatic carbocycles. The Bertz CT molecular complexity index is 334. The summed E-state index contributed by atoms with van der Waals surface area (Å²) in [7, 11) is 0.